The second-order valence-corrected chi connectivity index (χ2v) is 10.8. The van der Waals surface area contributed by atoms with Gasteiger partial charge in [0.2, 0.25) is 0 Å². The van der Waals surface area contributed by atoms with Crippen molar-refractivity contribution in [1.29, 1.82) is 0 Å². The van der Waals surface area contributed by atoms with Crippen LogP contribution in [0.4, 0.5) is 0 Å². The topological polar surface area (TPSA) is 66.8 Å². The minimum Gasteiger partial charge on any atom is -0.469 e. The molecule has 1 saturated carbocycles. The highest BCUT2D eigenvalue weighted by Gasteiger charge is 2.43. The van der Waals surface area contributed by atoms with Gasteiger partial charge in [-0.15, -0.1) is 11.3 Å². The third kappa shape index (κ3) is 6.80. The molecule has 1 aromatic heterocycles. The number of allylic oxidation sites excluding steroid dienone is 2. The van der Waals surface area contributed by atoms with Gasteiger partial charge in [0.1, 0.15) is 0 Å². The lowest BCUT2D eigenvalue weighted by atomic mass is 9.62. The molecule has 2 N–H and O–H groups in total. The summed E-state index contributed by atoms with van der Waals surface area (Å²) in [5, 5.41) is 21.4. The van der Waals surface area contributed by atoms with Gasteiger partial charge in [-0.1, -0.05) is 54.0 Å². The summed E-state index contributed by atoms with van der Waals surface area (Å²) in [5.41, 5.74) is 1.18. The van der Waals surface area contributed by atoms with Crippen LogP contribution in [0.2, 0.25) is 4.34 Å². The summed E-state index contributed by atoms with van der Waals surface area (Å²) in [6, 6.07) is 4.01. The van der Waals surface area contributed by atoms with E-state index in [0.29, 0.717) is 19.3 Å². The van der Waals surface area contributed by atoms with Gasteiger partial charge in [-0.05, 0) is 63.5 Å². The molecule has 0 saturated heterocycles. The van der Waals surface area contributed by atoms with Crippen molar-refractivity contribution < 1.29 is 19.7 Å². The normalized spacial score (nSPS) is 23.4. The highest BCUT2D eigenvalue weighted by atomic mass is 35.5. The molecule has 3 atom stereocenters. The van der Waals surface area contributed by atoms with Gasteiger partial charge in [0, 0.05) is 22.6 Å². The van der Waals surface area contributed by atoms with Crippen LogP contribution < -0.4 is 0 Å². The fourth-order valence-corrected chi connectivity index (χ4v) is 5.98. The fraction of sp³-hybridized carbons (Fsp3) is 0.577. The number of ether oxygens (including phenoxy) is 1. The number of aliphatic hydroxyl groups is 2. The highest BCUT2D eigenvalue weighted by Crippen LogP contribution is 2.48. The van der Waals surface area contributed by atoms with E-state index < -0.39 is 6.10 Å². The first-order valence-corrected chi connectivity index (χ1v) is 12.8. The molecule has 0 aliphatic heterocycles. The van der Waals surface area contributed by atoms with Crippen molar-refractivity contribution in [3.8, 4) is 0 Å². The van der Waals surface area contributed by atoms with Gasteiger partial charge in [-0.2, -0.15) is 0 Å². The number of carbonyl (C=O) groups is 1. The van der Waals surface area contributed by atoms with Crippen molar-refractivity contribution >= 4 is 28.9 Å². The predicted octanol–water partition coefficient (Wildman–Crippen LogP) is 6.02. The van der Waals surface area contributed by atoms with Crippen LogP contribution in [0, 0.1) is 11.3 Å². The first kappa shape index (κ1) is 25.2. The lowest BCUT2D eigenvalue weighted by Crippen LogP contribution is -2.42. The van der Waals surface area contributed by atoms with Gasteiger partial charge in [-0.25, -0.2) is 0 Å². The number of aliphatic hydroxyl groups excluding tert-OH is 2. The van der Waals surface area contributed by atoms with E-state index in [-0.39, 0.29) is 23.4 Å². The minimum atomic E-state index is -0.392. The van der Waals surface area contributed by atoms with E-state index in [1.807, 2.05) is 6.07 Å². The molecule has 2 aliphatic rings. The van der Waals surface area contributed by atoms with Crippen LogP contribution in [0.15, 0.2) is 48.1 Å². The molecule has 1 aromatic rings. The lowest BCUT2D eigenvalue weighted by molar-refractivity contribution is -0.140. The molecule has 4 nitrogen and oxygen atoms in total. The molecule has 0 bridgehead atoms. The number of rotatable bonds is 12. The Balaban J connectivity index is 1.47. The molecule has 3 rings (SSSR count). The zero-order valence-electron chi connectivity index (χ0n) is 18.8. The second-order valence-electron chi connectivity index (χ2n) is 9.03. The Bertz CT molecular complexity index is 837. The molecule has 0 amide bonds. The Kier molecular flexibility index (Phi) is 9.60. The molecule has 32 heavy (non-hydrogen) atoms. The van der Waals surface area contributed by atoms with Crippen LogP contribution in [0.5, 0.6) is 0 Å². The third-order valence-corrected chi connectivity index (χ3v) is 8.11. The van der Waals surface area contributed by atoms with Crippen LogP contribution in [-0.4, -0.2) is 35.5 Å². The minimum absolute atomic E-state index is 0.00959. The molecule has 6 heteroatoms. The summed E-state index contributed by atoms with van der Waals surface area (Å²) in [7, 11) is 1.41. The maximum absolute atomic E-state index is 11.1. The summed E-state index contributed by atoms with van der Waals surface area (Å²) in [5.74, 6) is -0.161. The number of methoxy groups -OCH3 is 1. The molecule has 0 aromatic carbocycles. The van der Waals surface area contributed by atoms with E-state index in [2.05, 4.69) is 41.2 Å². The molecule has 2 aliphatic carbocycles. The Morgan fingerprint density at radius 2 is 2.16 bits per heavy atom. The number of carbonyl (C=O) groups excluding carboxylic acids is 1. The second kappa shape index (κ2) is 12.2. The van der Waals surface area contributed by atoms with Gasteiger partial charge in [0.25, 0.3) is 0 Å². The smallest absolute Gasteiger partial charge is 0.305 e. The SMILES string of the molecule is COC(=O)CCC/C=C/CC1=CCC(O)C1/C=C/CC(O)C1(Cc2ccc(Cl)s2)CCC1. The lowest BCUT2D eigenvalue weighted by Gasteiger charge is -2.45. The van der Waals surface area contributed by atoms with Crippen molar-refractivity contribution in [2.45, 2.75) is 76.4 Å². The van der Waals surface area contributed by atoms with E-state index in [1.54, 1.807) is 11.3 Å². The van der Waals surface area contributed by atoms with Crippen molar-refractivity contribution in [2.24, 2.45) is 11.3 Å². The molecular formula is C26H35ClO4S. The average molecular weight is 479 g/mol. The Morgan fingerprint density at radius 1 is 1.34 bits per heavy atom. The quantitative estimate of drug-likeness (QED) is 0.219. The van der Waals surface area contributed by atoms with Crippen molar-refractivity contribution in [1.82, 2.24) is 0 Å². The van der Waals surface area contributed by atoms with Crippen LogP contribution in [0.1, 0.15) is 62.7 Å². The first-order chi connectivity index (χ1) is 15.4. The van der Waals surface area contributed by atoms with Crippen LogP contribution >= 0.6 is 22.9 Å². The summed E-state index contributed by atoms with van der Waals surface area (Å²) < 4.78 is 5.45. The average Bonchev–Trinajstić information content (AvgIpc) is 3.32. The molecular weight excluding hydrogens is 444 g/mol. The van der Waals surface area contributed by atoms with E-state index in [0.717, 1.165) is 42.9 Å². The van der Waals surface area contributed by atoms with Crippen LogP contribution in [0.25, 0.3) is 0 Å². The van der Waals surface area contributed by atoms with Crippen molar-refractivity contribution in [2.75, 3.05) is 7.11 Å². The number of esters is 1. The molecule has 0 spiro atoms. The van der Waals surface area contributed by atoms with Gasteiger partial charge in [-0.3, -0.25) is 4.79 Å². The summed E-state index contributed by atoms with van der Waals surface area (Å²) >= 11 is 7.69. The molecule has 176 valence electrons. The standard InChI is InChI=1S/C26H35ClO4S/c1-31-25(30)11-5-3-2-4-8-19-12-14-22(28)21(19)9-6-10-23(29)26(16-7-17-26)18-20-13-15-24(27)32-20/h2,4,6,9,12-13,15,21-23,28-29H,3,5,7-8,10-11,14,16-18H2,1H3/b4-2+,9-6+. The maximum atomic E-state index is 11.1. The summed E-state index contributed by atoms with van der Waals surface area (Å²) in [4.78, 5) is 12.4. The number of thiophene rings is 1. The summed E-state index contributed by atoms with van der Waals surface area (Å²) in [6.45, 7) is 0. The van der Waals surface area contributed by atoms with Crippen LogP contribution in [0.3, 0.4) is 0 Å². The Labute approximate surface area is 200 Å². The highest BCUT2D eigenvalue weighted by molar-refractivity contribution is 7.16. The van der Waals surface area contributed by atoms with Crippen molar-refractivity contribution in [3.05, 3.63) is 57.3 Å². The Morgan fingerprint density at radius 3 is 2.81 bits per heavy atom. The number of unbranched alkanes of at least 4 members (excludes halogenated alkanes) is 1. The van der Waals surface area contributed by atoms with Gasteiger partial charge >= 0.3 is 5.97 Å². The number of halogens is 1. The third-order valence-electron chi connectivity index (χ3n) is 6.88. The monoisotopic (exact) mass is 478 g/mol. The van der Waals surface area contributed by atoms with Gasteiger partial charge < -0.3 is 14.9 Å². The molecule has 3 unspecified atom stereocenters. The number of hydrogen-bond acceptors (Lipinski definition) is 5. The summed E-state index contributed by atoms with van der Waals surface area (Å²) in [6.07, 6.45) is 18.0. The zero-order valence-corrected chi connectivity index (χ0v) is 20.4. The molecule has 1 fully saturated rings. The largest absolute Gasteiger partial charge is 0.469 e. The van der Waals surface area contributed by atoms with E-state index in [1.165, 1.54) is 24.0 Å². The van der Waals surface area contributed by atoms with E-state index in [4.69, 9.17) is 11.6 Å². The van der Waals surface area contributed by atoms with Crippen LogP contribution in [-0.2, 0) is 16.0 Å². The van der Waals surface area contributed by atoms with E-state index >= 15 is 0 Å². The molecule has 1 heterocycles. The zero-order chi connectivity index (χ0) is 23.0. The van der Waals surface area contributed by atoms with Gasteiger partial charge in [0.05, 0.1) is 23.7 Å². The predicted molar refractivity (Wildman–Crippen MR) is 131 cm³/mol. The maximum Gasteiger partial charge on any atom is 0.305 e. The number of hydrogen-bond donors (Lipinski definition) is 2. The van der Waals surface area contributed by atoms with Crippen molar-refractivity contribution in [3.63, 3.8) is 0 Å². The molecule has 0 radical (unpaired) electrons. The first-order valence-electron chi connectivity index (χ1n) is 11.6. The fourth-order valence-electron chi connectivity index (χ4n) is 4.73. The Hall–Kier alpha value is -1.40. The van der Waals surface area contributed by atoms with E-state index in [9.17, 15) is 15.0 Å². The van der Waals surface area contributed by atoms with Gasteiger partial charge in [0.15, 0.2) is 0 Å².